The second-order valence-corrected chi connectivity index (χ2v) is 11.2. The van der Waals surface area contributed by atoms with Gasteiger partial charge in [0.1, 0.15) is 11.6 Å². The standard InChI is InChI=1S/C28H41N7O2/c1-5-12-34-13-10-28(21-30,11-14-34)33-25(36)24(19-27(2,3)4)32-26(35-15-17-37-18-16-35)31-23-8-6-22(20-29)7-9-23/h6-9,24H,5,10-19H2,1-4H3,(H,31,32)(H,33,36)/t24-/m0/s1. The lowest BCUT2D eigenvalue weighted by Crippen LogP contribution is -2.57. The number of morpholine rings is 1. The average molecular weight is 508 g/mol. The highest BCUT2D eigenvalue weighted by Gasteiger charge is 2.38. The number of carbonyl (C=O) groups excluding carboxylic acids is 1. The van der Waals surface area contributed by atoms with E-state index in [0.29, 0.717) is 57.1 Å². The predicted octanol–water partition coefficient (Wildman–Crippen LogP) is 3.35. The maximum atomic E-state index is 13.7. The molecule has 2 aliphatic heterocycles. The number of nitriles is 2. The third-order valence-corrected chi connectivity index (χ3v) is 6.79. The van der Waals surface area contributed by atoms with Crippen molar-refractivity contribution in [3.63, 3.8) is 0 Å². The van der Waals surface area contributed by atoms with Crippen LogP contribution >= 0.6 is 0 Å². The van der Waals surface area contributed by atoms with Crippen LogP contribution in [0, 0.1) is 28.1 Å². The minimum Gasteiger partial charge on any atom is -0.378 e. The van der Waals surface area contributed by atoms with Crippen LogP contribution in [0.5, 0.6) is 0 Å². The lowest BCUT2D eigenvalue weighted by molar-refractivity contribution is -0.124. The number of anilines is 1. The first-order valence-electron chi connectivity index (χ1n) is 13.3. The van der Waals surface area contributed by atoms with Gasteiger partial charge in [0.25, 0.3) is 0 Å². The van der Waals surface area contributed by atoms with Crippen LogP contribution in [0.25, 0.3) is 0 Å². The zero-order valence-electron chi connectivity index (χ0n) is 22.7. The minimum atomic E-state index is -0.868. The number of likely N-dealkylation sites (tertiary alicyclic amines) is 1. The van der Waals surface area contributed by atoms with Crippen LogP contribution in [0.1, 0.15) is 58.9 Å². The molecule has 0 spiro atoms. The summed E-state index contributed by atoms with van der Waals surface area (Å²) in [7, 11) is 0. The van der Waals surface area contributed by atoms with E-state index in [1.54, 1.807) is 12.1 Å². The number of hydrogen-bond donors (Lipinski definition) is 2. The maximum Gasteiger partial charge on any atom is 0.246 e. The van der Waals surface area contributed by atoms with Crippen molar-refractivity contribution in [2.75, 3.05) is 51.3 Å². The van der Waals surface area contributed by atoms with Gasteiger partial charge >= 0.3 is 0 Å². The summed E-state index contributed by atoms with van der Waals surface area (Å²) < 4.78 is 5.54. The molecule has 2 fully saturated rings. The summed E-state index contributed by atoms with van der Waals surface area (Å²) in [5.41, 5.74) is 0.343. The van der Waals surface area contributed by atoms with E-state index in [0.717, 1.165) is 31.7 Å². The Balaban J connectivity index is 1.87. The fraction of sp³-hybridized carbons (Fsp3) is 0.643. The highest BCUT2D eigenvalue weighted by molar-refractivity contribution is 5.96. The van der Waals surface area contributed by atoms with Gasteiger partial charge in [-0.25, -0.2) is 4.99 Å². The molecule has 3 rings (SSSR count). The van der Waals surface area contributed by atoms with E-state index in [9.17, 15) is 10.1 Å². The summed E-state index contributed by atoms with van der Waals surface area (Å²) in [4.78, 5) is 23.1. The Morgan fingerprint density at radius 3 is 2.32 bits per heavy atom. The number of amides is 1. The average Bonchev–Trinajstić information content (AvgIpc) is 2.89. The fourth-order valence-electron chi connectivity index (χ4n) is 4.71. The van der Waals surface area contributed by atoms with Crippen molar-refractivity contribution in [2.24, 2.45) is 10.4 Å². The van der Waals surface area contributed by atoms with E-state index < -0.39 is 11.6 Å². The molecule has 2 N–H and O–H groups in total. The molecule has 37 heavy (non-hydrogen) atoms. The summed E-state index contributed by atoms with van der Waals surface area (Å²) in [6, 6.07) is 11.1. The number of nitrogens with one attached hydrogen (secondary N) is 2. The number of guanidine groups is 1. The minimum absolute atomic E-state index is 0.152. The summed E-state index contributed by atoms with van der Waals surface area (Å²) in [5.74, 6) is 0.383. The summed E-state index contributed by atoms with van der Waals surface area (Å²) >= 11 is 0. The first kappa shape index (κ1) is 28.4. The SMILES string of the molecule is CCCN1CCC(C#N)(NC(=O)[C@H](CC(C)(C)C)N=C(Nc2ccc(C#N)cc2)N2CCOCC2)CC1. The Bertz CT molecular complexity index is 1000. The predicted molar refractivity (Wildman–Crippen MR) is 145 cm³/mol. The molecular formula is C28H41N7O2. The van der Waals surface area contributed by atoms with Crippen molar-refractivity contribution in [2.45, 2.75) is 65.0 Å². The van der Waals surface area contributed by atoms with Gasteiger partial charge in [0, 0.05) is 31.9 Å². The molecule has 0 unspecified atom stereocenters. The third kappa shape index (κ3) is 8.45. The molecule has 9 nitrogen and oxygen atoms in total. The molecule has 1 aromatic rings. The smallest absolute Gasteiger partial charge is 0.246 e. The van der Waals surface area contributed by atoms with E-state index in [2.05, 4.69) is 60.3 Å². The zero-order valence-corrected chi connectivity index (χ0v) is 22.7. The highest BCUT2D eigenvalue weighted by Crippen LogP contribution is 2.26. The molecule has 9 heteroatoms. The van der Waals surface area contributed by atoms with Crippen molar-refractivity contribution < 1.29 is 9.53 Å². The Kier molecular flexibility index (Phi) is 9.91. The number of carbonyl (C=O) groups is 1. The van der Waals surface area contributed by atoms with E-state index in [4.69, 9.17) is 15.0 Å². The second-order valence-electron chi connectivity index (χ2n) is 11.2. The Labute approximate surface area is 221 Å². The molecule has 0 saturated carbocycles. The Hall–Kier alpha value is -3.14. The first-order valence-corrected chi connectivity index (χ1v) is 13.3. The highest BCUT2D eigenvalue weighted by atomic mass is 16.5. The van der Waals surface area contributed by atoms with Crippen LogP contribution in [-0.2, 0) is 9.53 Å². The zero-order chi connectivity index (χ0) is 26.9. The van der Waals surface area contributed by atoms with Crippen LogP contribution in [0.15, 0.2) is 29.3 Å². The van der Waals surface area contributed by atoms with Gasteiger partial charge in [-0.05, 0) is 61.9 Å². The molecule has 2 saturated heterocycles. The van der Waals surface area contributed by atoms with E-state index in [-0.39, 0.29) is 11.3 Å². The number of piperidine rings is 1. The molecule has 1 amide bonds. The molecule has 2 aliphatic rings. The summed E-state index contributed by atoms with van der Waals surface area (Å²) in [6.07, 6.45) is 2.83. The van der Waals surface area contributed by atoms with E-state index >= 15 is 0 Å². The quantitative estimate of drug-likeness (QED) is 0.429. The van der Waals surface area contributed by atoms with Gasteiger partial charge < -0.3 is 25.2 Å². The molecule has 1 aromatic carbocycles. The lowest BCUT2D eigenvalue weighted by atomic mass is 9.85. The van der Waals surface area contributed by atoms with Gasteiger partial charge in [0.05, 0.1) is 30.9 Å². The van der Waals surface area contributed by atoms with Gasteiger partial charge in [-0.15, -0.1) is 0 Å². The van der Waals surface area contributed by atoms with Crippen molar-refractivity contribution in [3.8, 4) is 12.1 Å². The molecule has 2 heterocycles. The Morgan fingerprint density at radius 1 is 1.14 bits per heavy atom. The topological polar surface area (TPSA) is 117 Å². The summed E-state index contributed by atoms with van der Waals surface area (Å²) in [5, 5.41) is 25.7. The van der Waals surface area contributed by atoms with Crippen molar-refractivity contribution in [1.29, 1.82) is 10.5 Å². The number of hydrogen-bond acceptors (Lipinski definition) is 6. The van der Waals surface area contributed by atoms with Crippen molar-refractivity contribution >= 4 is 17.6 Å². The number of nitrogens with zero attached hydrogens (tertiary/aromatic N) is 5. The summed E-state index contributed by atoms with van der Waals surface area (Å²) in [6.45, 7) is 13.5. The maximum absolute atomic E-state index is 13.7. The first-order chi connectivity index (χ1) is 17.7. The number of benzene rings is 1. The number of rotatable bonds is 7. The molecular weight excluding hydrogens is 466 g/mol. The number of aliphatic imine (C=N–C) groups is 1. The van der Waals surface area contributed by atoms with E-state index in [1.807, 2.05) is 12.1 Å². The lowest BCUT2D eigenvalue weighted by Gasteiger charge is -2.38. The normalized spacial score (nSPS) is 19.4. The Morgan fingerprint density at radius 2 is 1.78 bits per heavy atom. The van der Waals surface area contributed by atoms with E-state index in [1.165, 1.54) is 0 Å². The van der Waals surface area contributed by atoms with Gasteiger partial charge in [0.2, 0.25) is 5.91 Å². The largest absolute Gasteiger partial charge is 0.378 e. The molecule has 1 atom stereocenters. The molecule has 0 aromatic heterocycles. The molecule has 0 aliphatic carbocycles. The number of ether oxygens (including phenoxy) is 1. The van der Waals surface area contributed by atoms with Crippen molar-refractivity contribution in [3.05, 3.63) is 29.8 Å². The van der Waals surface area contributed by atoms with Crippen LogP contribution in [0.2, 0.25) is 0 Å². The van der Waals surface area contributed by atoms with Crippen LogP contribution in [0.3, 0.4) is 0 Å². The van der Waals surface area contributed by atoms with Crippen molar-refractivity contribution in [1.82, 2.24) is 15.1 Å². The van der Waals surface area contributed by atoms with Gasteiger partial charge in [0.15, 0.2) is 5.96 Å². The van der Waals surface area contributed by atoms with Gasteiger partial charge in [-0.1, -0.05) is 27.7 Å². The van der Waals surface area contributed by atoms with Crippen LogP contribution < -0.4 is 10.6 Å². The molecule has 0 bridgehead atoms. The molecule has 200 valence electrons. The van der Waals surface area contributed by atoms with Gasteiger partial charge in [-0.2, -0.15) is 10.5 Å². The van der Waals surface area contributed by atoms with Gasteiger partial charge in [-0.3, -0.25) is 4.79 Å². The molecule has 0 radical (unpaired) electrons. The monoisotopic (exact) mass is 507 g/mol. The third-order valence-electron chi connectivity index (χ3n) is 6.79. The van der Waals surface area contributed by atoms with Crippen LogP contribution in [0.4, 0.5) is 5.69 Å². The fourth-order valence-corrected chi connectivity index (χ4v) is 4.71. The second kappa shape index (κ2) is 12.9. The van der Waals surface area contributed by atoms with Crippen LogP contribution in [-0.4, -0.2) is 79.2 Å².